The van der Waals surface area contributed by atoms with Gasteiger partial charge in [-0.05, 0) is 24.3 Å². The Morgan fingerprint density at radius 2 is 1.55 bits per heavy atom. The van der Waals surface area contributed by atoms with Gasteiger partial charge in [0.15, 0.2) is 0 Å². The van der Waals surface area contributed by atoms with Gasteiger partial charge in [-0.3, -0.25) is 0 Å². The van der Waals surface area contributed by atoms with E-state index in [1.165, 1.54) is 0 Å². The molecule has 0 saturated heterocycles. The van der Waals surface area contributed by atoms with Crippen molar-refractivity contribution in [1.29, 1.82) is 0 Å². The molecule has 0 amide bonds. The van der Waals surface area contributed by atoms with Crippen LogP contribution < -0.4 is 4.90 Å². The van der Waals surface area contributed by atoms with E-state index < -0.39 is 0 Å². The number of aromatic nitrogens is 1. The summed E-state index contributed by atoms with van der Waals surface area (Å²) >= 11 is 0. The maximum atomic E-state index is 4.44. The molecule has 1 radical (unpaired) electrons. The number of rotatable bonds is 3. The van der Waals surface area contributed by atoms with E-state index in [9.17, 15) is 0 Å². The van der Waals surface area contributed by atoms with Crippen LogP contribution in [-0.4, -0.2) is 4.98 Å². The summed E-state index contributed by atoms with van der Waals surface area (Å²) in [7, 11) is 0. The van der Waals surface area contributed by atoms with Crippen molar-refractivity contribution in [3.63, 3.8) is 0 Å². The van der Waals surface area contributed by atoms with Crippen molar-refractivity contribution in [1.82, 2.24) is 4.98 Å². The van der Waals surface area contributed by atoms with Crippen molar-refractivity contribution in [3.05, 3.63) is 85.1 Å². The van der Waals surface area contributed by atoms with Crippen LogP contribution in [0.5, 0.6) is 0 Å². The van der Waals surface area contributed by atoms with E-state index in [1.807, 2.05) is 60.7 Å². The quantitative estimate of drug-likeness (QED) is 0.567. The number of anilines is 3. The molecule has 2 aromatic carbocycles. The third-order valence-electron chi connectivity index (χ3n) is 2.83. The summed E-state index contributed by atoms with van der Waals surface area (Å²) < 4.78 is 0. The first-order chi connectivity index (χ1) is 9.45. The SMILES string of the molecule is [Ir].[c-]1ccccc1N(c1ccccc1)c1ccccn1. The maximum absolute atomic E-state index is 4.44. The summed E-state index contributed by atoms with van der Waals surface area (Å²) in [6.07, 6.45) is 1.80. The van der Waals surface area contributed by atoms with Gasteiger partial charge >= 0.3 is 0 Å². The van der Waals surface area contributed by atoms with Gasteiger partial charge in [-0.15, -0.1) is 6.07 Å². The summed E-state index contributed by atoms with van der Waals surface area (Å²) in [6, 6.07) is 27.2. The van der Waals surface area contributed by atoms with Gasteiger partial charge in [0, 0.05) is 32.0 Å². The molecule has 0 fully saturated rings. The maximum Gasteiger partial charge on any atom is 0.135 e. The molecule has 0 spiro atoms. The van der Waals surface area contributed by atoms with E-state index in [0.717, 1.165) is 17.2 Å². The Labute approximate surface area is 132 Å². The molecule has 1 aromatic heterocycles. The normalized spacial score (nSPS) is 9.60. The zero-order valence-corrected chi connectivity index (χ0v) is 13.1. The van der Waals surface area contributed by atoms with Crippen molar-refractivity contribution < 1.29 is 20.1 Å². The van der Waals surface area contributed by atoms with Crippen molar-refractivity contribution in [2.75, 3.05) is 4.90 Å². The minimum absolute atomic E-state index is 0. The molecule has 0 aliphatic rings. The monoisotopic (exact) mass is 438 g/mol. The fourth-order valence-corrected chi connectivity index (χ4v) is 1.98. The van der Waals surface area contributed by atoms with E-state index in [1.54, 1.807) is 6.20 Å². The van der Waals surface area contributed by atoms with Crippen molar-refractivity contribution >= 4 is 17.2 Å². The first-order valence-corrected chi connectivity index (χ1v) is 6.18. The van der Waals surface area contributed by atoms with Crippen molar-refractivity contribution in [2.45, 2.75) is 0 Å². The number of pyridine rings is 1. The predicted molar refractivity (Wildman–Crippen MR) is 77.8 cm³/mol. The first kappa shape index (κ1) is 14.4. The molecule has 2 nitrogen and oxygen atoms in total. The van der Waals surface area contributed by atoms with Gasteiger partial charge in [-0.1, -0.05) is 30.0 Å². The van der Waals surface area contributed by atoms with E-state index >= 15 is 0 Å². The van der Waals surface area contributed by atoms with Gasteiger partial charge < -0.3 is 4.90 Å². The number of nitrogens with zero attached hydrogens (tertiary/aromatic N) is 2. The van der Waals surface area contributed by atoms with E-state index in [4.69, 9.17) is 0 Å². The van der Waals surface area contributed by atoms with Crippen LogP contribution in [0.4, 0.5) is 17.2 Å². The molecule has 20 heavy (non-hydrogen) atoms. The number of hydrogen-bond donors (Lipinski definition) is 0. The van der Waals surface area contributed by atoms with Crippen LogP contribution in [0.25, 0.3) is 0 Å². The summed E-state index contributed by atoms with van der Waals surface area (Å²) in [5.74, 6) is 0.885. The van der Waals surface area contributed by atoms with Crippen LogP contribution in [0.15, 0.2) is 79.0 Å². The second-order valence-electron chi connectivity index (χ2n) is 4.11. The van der Waals surface area contributed by atoms with Gasteiger partial charge in [0.05, 0.1) is 0 Å². The third kappa shape index (κ3) is 3.13. The second-order valence-corrected chi connectivity index (χ2v) is 4.11. The minimum atomic E-state index is 0. The van der Waals surface area contributed by atoms with Gasteiger partial charge in [-0.2, -0.15) is 24.3 Å². The van der Waals surface area contributed by atoms with E-state index in [-0.39, 0.29) is 20.1 Å². The van der Waals surface area contributed by atoms with Gasteiger partial charge in [-0.25, -0.2) is 4.98 Å². The molecule has 0 atom stereocenters. The number of hydrogen-bond acceptors (Lipinski definition) is 2. The molecule has 0 unspecified atom stereocenters. The Morgan fingerprint density at radius 3 is 2.20 bits per heavy atom. The zero-order valence-electron chi connectivity index (χ0n) is 10.7. The van der Waals surface area contributed by atoms with Crippen LogP contribution in [0.2, 0.25) is 0 Å². The Kier molecular flexibility index (Phi) is 5.05. The molecule has 0 aliphatic heterocycles. The van der Waals surface area contributed by atoms with Crippen molar-refractivity contribution in [2.24, 2.45) is 0 Å². The standard InChI is InChI=1S/C17H13N2.Ir/c1-3-9-15(10-4-1)19(16-11-5-2-6-12-16)17-13-7-8-14-18-17;/h1-11,13-14H;/q-1;. The molecule has 0 aliphatic carbocycles. The Balaban J connectivity index is 0.00000147. The second kappa shape index (κ2) is 6.99. The zero-order chi connectivity index (χ0) is 12.9. The molecule has 0 bridgehead atoms. The van der Waals surface area contributed by atoms with Crippen LogP contribution in [0, 0.1) is 6.07 Å². The number of para-hydroxylation sites is 2. The molecule has 3 aromatic rings. The largest absolute Gasteiger partial charge is 0.319 e. The van der Waals surface area contributed by atoms with Crippen LogP contribution in [-0.2, 0) is 20.1 Å². The number of benzene rings is 2. The van der Waals surface area contributed by atoms with Gasteiger partial charge in [0.2, 0.25) is 0 Å². The topological polar surface area (TPSA) is 16.1 Å². The van der Waals surface area contributed by atoms with Crippen LogP contribution in [0.1, 0.15) is 0 Å². The fourth-order valence-electron chi connectivity index (χ4n) is 1.98. The molecule has 0 saturated carbocycles. The Morgan fingerprint density at radius 1 is 0.800 bits per heavy atom. The Hall–Kier alpha value is -1.96. The summed E-state index contributed by atoms with van der Waals surface area (Å²) in [5.41, 5.74) is 2.05. The average Bonchev–Trinajstić information content (AvgIpc) is 2.51. The third-order valence-corrected chi connectivity index (χ3v) is 2.83. The summed E-state index contributed by atoms with van der Waals surface area (Å²) in [4.78, 5) is 6.52. The fraction of sp³-hybridized carbons (Fsp3) is 0. The predicted octanol–water partition coefficient (Wildman–Crippen LogP) is 4.35. The van der Waals surface area contributed by atoms with Crippen LogP contribution >= 0.6 is 0 Å². The van der Waals surface area contributed by atoms with Gasteiger partial charge in [0.1, 0.15) is 5.82 Å². The van der Waals surface area contributed by atoms with Crippen LogP contribution in [0.3, 0.4) is 0 Å². The smallest absolute Gasteiger partial charge is 0.135 e. The molecule has 101 valence electrons. The molecule has 1 heterocycles. The average molecular weight is 438 g/mol. The molecular weight excluding hydrogens is 424 g/mol. The molecular formula is C17H13IrN2-. The first-order valence-electron chi connectivity index (χ1n) is 6.18. The molecule has 0 N–H and O–H groups in total. The summed E-state index contributed by atoms with van der Waals surface area (Å²) in [6.45, 7) is 0. The Bertz CT molecular complexity index is 533. The molecule has 3 heteroatoms. The van der Waals surface area contributed by atoms with E-state index in [2.05, 4.69) is 28.1 Å². The minimum Gasteiger partial charge on any atom is -0.319 e. The summed E-state index contributed by atoms with van der Waals surface area (Å²) in [5, 5.41) is 0. The molecule has 3 rings (SSSR count). The van der Waals surface area contributed by atoms with E-state index in [0.29, 0.717) is 0 Å². The van der Waals surface area contributed by atoms with Crippen molar-refractivity contribution in [3.8, 4) is 0 Å². The van der Waals surface area contributed by atoms with Gasteiger partial charge in [0.25, 0.3) is 0 Å².